The largest absolute Gasteiger partial charge is 0.308 e. The second-order valence-corrected chi connectivity index (χ2v) is 7.52. The molecule has 0 amide bonds. The molecule has 2 rings (SSSR count). The second-order valence-electron chi connectivity index (χ2n) is 5.43. The molecule has 0 spiro atoms. The normalized spacial score (nSPS) is 11.8. The first-order valence-corrected chi connectivity index (χ1v) is 7.92. The average Bonchev–Trinajstić information content (AvgIpc) is 2.73. The standard InChI is InChI=1S/C14H19N3S2/c1-10-9-18-13(17-10)19-12-11(6-5-7-15-12)8-16-14(2,3)4/h5-7,9,16H,8H2,1-4H3. The van der Waals surface area contributed by atoms with Crippen LogP contribution in [0.5, 0.6) is 0 Å². The molecule has 0 aromatic carbocycles. The maximum absolute atomic E-state index is 4.48. The molecule has 3 nitrogen and oxygen atoms in total. The van der Waals surface area contributed by atoms with Crippen molar-refractivity contribution in [2.45, 2.75) is 49.1 Å². The molecule has 2 aromatic rings. The summed E-state index contributed by atoms with van der Waals surface area (Å²) in [5.41, 5.74) is 2.39. The third kappa shape index (κ3) is 4.60. The lowest BCUT2D eigenvalue weighted by Crippen LogP contribution is -2.35. The Balaban J connectivity index is 2.12. The number of hydrogen-bond donors (Lipinski definition) is 1. The van der Waals surface area contributed by atoms with Gasteiger partial charge in [-0.15, -0.1) is 11.3 Å². The van der Waals surface area contributed by atoms with E-state index in [9.17, 15) is 0 Å². The Bertz CT molecular complexity index is 544. The van der Waals surface area contributed by atoms with Gasteiger partial charge in [-0.25, -0.2) is 9.97 Å². The van der Waals surface area contributed by atoms with Crippen LogP contribution in [0, 0.1) is 6.92 Å². The van der Waals surface area contributed by atoms with Gasteiger partial charge in [-0.3, -0.25) is 0 Å². The first-order chi connectivity index (χ1) is 8.94. The summed E-state index contributed by atoms with van der Waals surface area (Å²) in [7, 11) is 0. The Morgan fingerprint density at radius 2 is 2.16 bits per heavy atom. The fourth-order valence-electron chi connectivity index (χ4n) is 1.47. The van der Waals surface area contributed by atoms with Crippen LogP contribution in [0.25, 0.3) is 0 Å². The molecule has 2 heterocycles. The molecule has 0 atom stereocenters. The minimum absolute atomic E-state index is 0.107. The fourth-order valence-corrected chi connectivity index (χ4v) is 3.31. The fraction of sp³-hybridized carbons (Fsp3) is 0.429. The van der Waals surface area contributed by atoms with Crippen LogP contribution in [-0.2, 0) is 6.54 Å². The van der Waals surface area contributed by atoms with E-state index in [0.717, 1.165) is 21.6 Å². The molecule has 0 fully saturated rings. The SMILES string of the molecule is Cc1csc(Sc2ncccc2CNC(C)(C)C)n1. The van der Waals surface area contributed by atoms with Crippen LogP contribution in [-0.4, -0.2) is 15.5 Å². The zero-order chi connectivity index (χ0) is 13.9. The monoisotopic (exact) mass is 293 g/mol. The minimum Gasteiger partial charge on any atom is -0.308 e. The highest BCUT2D eigenvalue weighted by Crippen LogP contribution is 2.31. The molecule has 0 bridgehead atoms. The van der Waals surface area contributed by atoms with Crippen LogP contribution < -0.4 is 5.32 Å². The average molecular weight is 293 g/mol. The number of aromatic nitrogens is 2. The third-order valence-corrected chi connectivity index (χ3v) is 4.56. The molecular weight excluding hydrogens is 274 g/mol. The van der Waals surface area contributed by atoms with Crippen LogP contribution >= 0.6 is 23.1 Å². The Morgan fingerprint density at radius 1 is 1.37 bits per heavy atom. The summed E-state index contributed by atoms with van der Waals surface area (Å²) in [6.07, 6.45) is 1.84. The predicted molar refractivity (Wildman–Crippen MR) is 81.8 cm³/mol. The molecule has 5 heteroatoms. The number of thiazole rings is 1. The maximum atomic E-state index is 4.48. The maximum Gasteiger partial charge on any atom is 0.156 e. The number of rotatable bonds is 4. The van der Waals surface area contributed by atoms with Gasteiger partial charge in [-0.05, 0) is 51.1 Å². The van der Waals surface area contributed by atoms with E-state index in [1.54, 1.807) is 23.1 Å². The topological polar surface area (TPSA) is 37.8 Å². The van der Waals surface area contributed by atoms with E-state index in [2.05, 4.69) is 47.5 Å². The summed E-state index contributed by atoms with van der Waals surface area (Å²) < 4.78 is 1.05. The van der Waals surface area contributed by atoms with Gasteiger partial charge < -0.3 is 5.32 Å². The van der Waals surface area contributed by atoms with Crippen molar-refractivity contribution in [3.05, 3.63) is 35.0 Å². The number of pyridine rings is 1. The highest BCUT2D eigenvalue weighted by Gasteiger charge is 2.12. The van der Waals surface area contributed by atoms with Crippen molar-refractivity contribution in [2.75, 3.05) is 0 Å². The second kappa shape index (κ2) is 6.03. The minimum atomic E-state index is 0.107. The van der Waals surface area contributed by atoms with Gasteiger partial charge in [0.05, 0.1) is 0 Å². The van der Waals surface area contributed by atoms with Gasteiger partial charge in [0.2, 0.25) is 0 Å². The molecular formula is C14H19N3S2. The highest BCUT2D eigenvalue weighted by molar-refractivity contribution is 8.01. The lowest BCUT2D eigenvalue weighted by molar-refractivity contribution is 0.422. The van der Waals surface area contributed by atoms with Crippen molar-refractivity contribution in [1.29, 1.82) is 0 Å². The smallest absolute Gasteiger partial charge is 0.156 e. The summed E-state index contributed by atoms with van der Waals surface area (Å²) >= 11 is 3.31. The first-order valence-electron chi connectivity index (χ1n) is 6.23. The molecule has 0 aliphatic rings. The Morgan fingerprint density at radius 3 is 2.79 bits per heavy atom. The molecule has 0 radical (unpaired) electrons. The van der Waals surface area contributed by atoms with Crippen LogP contribution in [0.1, 0.15) is 32.0 Å². The van der Waals surface area contributed by atoms with Crippen LogP contribution in [0.4, 0.5) is 0 Å². The van der Waals surface area contributed by atoms with Crippen molar-refractivity contribution in [3.8, 4) is 0 Å². The molecule has 0 saturated heterocycles. The Kier molecular flexibility index (Phi) is 4.60. The zero-order valence-corrected chi connectivity index (χ0v) is 13.4. The van der Waals surface area contributed by atoms with E-state index in [4.69, 9.17) is 0 Å². The molecule has 0 aliphatic heterocycles. The molecule has 1 N–H and O–H groups in total. The van der Waals surface area contributed by atoms with E-state index in [0.29, 0.717) is 0 Å². The molecule has 0 unspecified atom stereocenters. The summed E-state index contributed by atoms with van der Waals surface area (Å²) in [5, 5.41) is 6.60. The number of nitrogens with one attached hydrogen (secondary N) is 1. The number of nitrogens with zero attached hydrogens (tertiary/aromatic N) is 2. The van der Waals surface area contributed by atoms with E-state index in [1.807, 2.05) is 19.2 Å². The van der Waals surface area contributed by atoms with Gasteiger partial charge in [0.1, 0.15) is 5.03 Å². The molecule has 102 valence electrons. The van der Waals surface area contributed by atoms with Crippen molar-refractivity contribution < 1.29 is 0 Å². The van der Waals surface area contributed by atoms with Gasteiger partial charge in [0.25, 0.3) is 0 Å². The van der Waals surface area contributed by atoms with Gasteiger partial charge >= 0.3 is 0 Å². The molecule has 0 aliphatic carbocycles. The van der Waals surface area contributed by atoms with Crippen molar-refractivity contribution in [1.82, 2.24) is 15.3 Å². The van der Waals surface area contributed by atoms with Gasteiger partial charge in [-0.1, -0.05) is 6.07 Å². The van der Waals surface area contributed by atoms with Crippen molar-refractivity contribution in [2.24, 2.45) is 0 Å². The Labute approximate surface area is 122 Å². The highest BCUT2D eigenvalue weighted by atomic mass is 32.2. The number of aryl methyl sites for hydroxylation is 1. The van der Waals surface area contributed by atoms with Crippen LogP contribution in [0.3, 0.4) is 0 Å². The summed E-state index contributed by atoms with van der Waals surface area (Å²) in [6.45, 7) is 9.34. The zero-order valence-electron chi connectivity index (χ0n) is 11.7. The van der Waals surface area contributed by atoms with Crippen molar-refractivity contribution >= 4 is 23.1 Å². The Hall–Kier alpha value is -0.910. The van der Waals surface area contributed by atoms with E-state index < -0.39 is 0 Å². The quantitative estimate of drug-likeness (QED) is 0.928. The van der Waals surface area contributed by atoms with E-state index in [-0.39, 0.29) is 5.54 Å². The van der Waals surface area contributed by atoms with Gasteiger partial charge in [0.15, 0.2) is 4.34 Å². The summed E-state index contributed by atoms with van der Waals surface area (Å²) in [4.78, 5) is 8.95. The van der Waals surface area contributed by atoms with Gasteiger partial charge in [-0.2, -0.15) is 0 Å². The molecule has 0 saturated carbocycles. The molecule has 19 heavy (non-hydrogen) atoms. The van der Waals surface area contributed by atoms with E-state index in [1.165, 1.54) is 5.56 Å². The predicted octanol–water partition coefficient (Wildman–Crippen LogP) is 3.89. The lowest BCUT2D eigenvalue weighted by atomic mass is 10.1. The third-order valence-electron chi connectivity index (χ3n) is 2.44. The molecule has 2 aromatic heterocycles. The van der Waals surface area contributed by atoms with E-state index >= 15 is 0 Å². The van der Waals surface area contributed by atoms with Gasteiger partial charge in [0, 0.05) is 29.4 Å². The summed E-state index contributed by atoms with van der Waals surface area (Å²) in [6, 6.07) is 4.10. The van der Waals surface area contributed by atoms with Crippen molar-refractivity contribution in [3.63, 3.8) is 0 Å². The first kappa shape index (κ1) is 14.5. The lowest BCUT2D eigenvalue weighted by Gasteiger charge is -2.21. The van der Waals surface area contributed by atoms with Crippen LogP contribution in [0.2, 0.25) is 0 Å². The van der Waals surface area contributed by atoms with Crippen LogP contribution in [0.15, 0.2) is 33.1 Å². The number of hydrogen-bond acceptors (Lipinski definition) is 5. The summed E-state index contributed by atoms with van der Waals surface area (Å²) in [5.74, 6) is 0.